The van der Waals surface area contributed by atoms with E-state index in [1.807, 2.05) is 6.92 Å². The first-order chi connectivity index (χ1) is 8.74. The third-order valence-electron chi connectivity index (χ3n) is 4.01. The molecule has 1 amide bonds. The Kier molecular flexibility index (Phi) is 4.97. The van der Waals surface area contributed by atoms with E-state index < -0.39 is 0 Å². The quantitative estimate of drug-likeness (QED) is 0.728. The van der Waals surface area contributed by atoms with Gasteiger partial charge in [0.25, 0.3) is 0 Å². The molecule has 2 N–H and O–H groups in total. The molecule has 5 heteroatoms. The lowest BCUT2D eigenvalue weighted by Crippen LogP contribution is -2.51. The number of amides is 1. The fourth-order valence-electron chi connectivity index (χ4n) is 2.96. The number of nitrogens with zero attached hydrogens (tertiary/aromatic N) is 2. The van der Waals surface area contributed by atoms with Gasteiger partial charge in [0.1, 0.15) is 0 Å². The summed E-state index contributed by atoms with van der Waals surface area (Å²) >= 11 is 0. The Morgan fingerprint density at radius 2 is 2.33 bits per heavy atom. The van der Waals surface area contributed by atoms with Crippen LogP contribution in [0.2, 0.25) is 0 Å². The summed E-state index contributed by atoms with van der Waals surface area (Å²) < 4.78 is 5.57. The molecule has 5 nitrogen and oxygen atoms in total. The maximum atomic E-state index is 11.6. The first kappa shape index (κ1) is 13.8. The molecule has 0 spiro atoms. The van der Waals surface area contributed by atoms with Crippen LogP contribution in [0.15, 0.2) is 0 Å². The maximum absolute atomic E-state index is 11.6. The zero-order valence-electron chi connectivity index (χ0n) is 11.3. The molecule has 0 aromatic carbocycles. The summed E-state index contributed by atoms with van der Waals surface area (Å²) in [6.07, 6.45) is 2.94. The van der Waals surface area contributed by atoms with Gasteiger partial charge in [-0.15, -0.1) is 0 Å². The van der Waals surface area contributed by atoms with Crippen LogP contribution in [0.3, 0.4) is 0 Å². The lowest BCUT2D eigenvalue weighted by molar-refractivity contribution is -0.130. The van der Waals surface area contributed by atoms with Gasteiger partial charge in [-0.1, -0.05) is 0 Å². The molecule has 2 fully saturated rings. The van der Waals surface area contributed by atoms with E-state index in [-0.39, 0.29) is 6.10 Å². The highest BCUT2D eigenvalue weighted by atomic mass is 16.5. The van der Waals surface area contributed by atoms with Crippen LogP contribution in [0.4, 0.5) is 0 Å². The molecule has 18 heavy (non-hydrogen) atoms. The summed E-state index contributed by atoms with van der Waals surface area (Å²) in [5.74, 6) is 0.341. The van der Waals surface area contributed by atoms with Crippen LogP contribution in [0.1, 0.15) is 26.2 Å². The highest BCUT2D eigenvalue weighted by Crippen LogP contribution is 2.22. The van der Waals surface area contributed by atoms with Crippen molar-refractivity contribution < 1.29 is 9.53 Å². The summed E-state index contributed by atoms with van der Waals surface area (Å²) in [5, 5.41) is 0. The second-order valence-electron chi connectivity index (χ2n) is 5.18. The van der Waals surface area contributed by atoms with Crippen LogP contribution in [0, 0.1) is 0 Å². The van der Waals surface area contributed by atoms with Gasteiger partial charge in [-0.2, -0.15) is 0 Å². The molecule has 0 aromatic heterocycles. The average Bonchev–Trinajstić information content (AvgIpc) is 2.76. The van der Waals surface area contributed by atoms with Gasteiger partial charge in [0, 0.05) is 51.8 Å². The van der Waals surface area contributed by atoms with Crippen LogP contribution < -0.4 is 5.73 Å². The van der Waals surface area contributed by atoms with Crippen LogP contribution >= 0.6 is 0 Å². The minimum atomic E-state index is 0.179. The summed E-state index contributed by atoms with van der Waals surface area (Å²) in [6, 6.07) is 0.453. The van der Waals surface area contributed by atoms with Gasteiger partial charge < -0.3 is 15.4 Å². The van der Waals surface area contributed by atoms with E-state index in [9.17, 15) is 4.79 Å². The lowest BCUT2D eigenvalue weighted by Gasteiger charge is -2.38. The van der Waals surface area contributed by atoms with Gasteiger partial charge in [-0.25, -0.2) is 0 Å². The van der Waals surface area contributed by atoms with E-state index in [1.54, 1.807) is 0 Å². The molecular weight excluding hydrogens is 230 g/mol. The van der Waals surface area contributed by atoms with Gasteiger partial charge in [-0.05, 0) is 19.8 Å². The van der Waals surface area contributed by atoms with Crippen molar-refractivity contribution >= 4 is 5.91 Å². The summed E-state index contributed by atoms with van der Waals surface area (Å²) in [7, 11) is 0. The molecular formula is C13H25N3O2. The predicted molar refractivity (Wildman–Crippen MR) is 70.3 cm³/mol. The highest BCUT2D eigenvalue weighted by Gasteiger charge is 2.35. The molecule has 2 aliphatic rings. The zero-order chi connectivity index (χ0) is 13.0. The number of hydrogen-bond donors (Lipinski definition) is 1. The Bertz CT molecular complexity index is 285. The van der Waals surface area contributed by atoms with Gasteiger partial charge in [0.2, 0.25) is 5.91 Å². The molecule has 0 aliphatic carbocycles. The number of ether oxygens (including phenoxy) is 1. The maximum Gasteiger partial charge on any atom is 0.222 e. The lowest BCUT2D eigenvalue weighted by atomic mass is 10.1. The molecule has 104 valence electrons. The number of carbonyl (C=O) groups is 1. The molecule has 2 saturated heterocycles. The summed E-state index contributed by atoms with van der Waals surface area (Å²) in [6.45, 7) is 7.26. The van der Waals surface area contributed by atoms with Crippen molar-refractivity contribution in [3.05, 3.63) is 0 Å². The van der Waals surface area contributed by atoms with Crippen molar-refractivity contribution in [3.8, 4) is 0 Å². The molecule has 0 aromatic rings. The Labute approximate surface area is 109 Å². The van der Waals surface area contributed by atoms with Crippen molar-refractivity contribution in [2.45, 2.75) is 38.3 Å². The van der Waals surface area contributed by atoms with E-state index in [1.165, 1.54) is 0 Å². The first-order valence-corrected chi connectivity index (χ1v) is 7.08. The second-order valence-corrected chi connectivity index (χ2v) is 5.18. The average molecular weight is 255 g/mol. The van der Waals surface area contributed by atoms with Gasteiger partial charge in [-0.3, -0.25) is 9.69 Å². The van der Waals surface area contributed by atoms with Gasteiger partial charge in [0.05, 0.1) is 6.10 Å². The van der Waals surface area contributed by atoms with Crippen LogP contribution in [0.5, 0.6) is 0 Å². The number of nitrogens with two attached hydrogens (primary N) is 1. The van der Waals surface area contributed by atoms with E-state index in [0.29, 0.717) is 18.5 Å². The Morgan fingerprint density at radius 1 is 1.50 bits per heavy atom. The molecule has 0 saturated carbocycles. The Balaban J connectivity index is 1.73. The Hall–Kier alpha value is -0.650. The molecule has 2 heterocycles. The van der Waals surface area contributed by atoms with Crippen LogP contribution in [-0.4, -0.2) is 67.2 Å². The van der Waals surface area contributed by atoms with Crippen molar-refractivity contribution in [1.29, 1.82) is 0 Å². The number of piperazine rings is 1. The number of carbonyl (C=O) groups excluding carboxylic acids is 1. The SMILES string of the molecule is CCOC(CN)CCN1CCN2C(=O)CCC2C1. The standard InChI is InChI=1S/C13H25N3O2/c1-2-18-12(9-14)5-6-15-7-8-16-11(10-15)3-4-13(16)17/h11-12H,2-10,14H2,1H3. The zero-order valence-corrected chi connectivity index (χ0v) is 11.3. The second kappa shape index (κ2) is 6.50. The minimum absolute atomic E-state index is 0.179. The normalized spacial score (nSPS) is 26.4. The third-order valence-corrected chi connectivity index (χ3v) is 4.01. The summed E-state index contributed by atoms with van der Waals surface area (Å²) in [5.41, 5.74) is 5.68. The summed E-state index contributed by atoms with van der Waals surface area (Å²) in [4.78, 5) is 16.1. The highest BCUT2D eigenvalue weighted by molar-refractivity contribution is 5.78. The van der Waals surface area contributed by atoms with Crippen molar-refractivity contribution in [2.24, 2.45) is 5.73 Å². The van der Waals surface area contributed by atoms with Gasteiger partial charge in [0.15, 0.2) is 0 Å². The smallest absolute Gasteiger partial charge is 0.222 e. The monoisotopic (exact) mass is 255 g/mol. The molecule has 2 rings (SSSR count). The third kappa shape index (κ3) is 3.22. The molecule has 2 aliphatic heterocycles. The largest absolute Gasteiger partial charge is 0.377 e. The fourth-order valence-corrected chi connectivity index (χ4v) is 2.96. The molecule has 2 unspecified atom stereocenters. The minimum Gasteiger partial charge on any atom is -0.377 e. The van der Waals surface area contributed by atoms with Gasteiger partial charge >= 0.3 is 0 Å². The van der Waals surface area contributed by atoms with E-state index in [0.717, 1.165) is 52.0 Å². The number of hydrogen-bond acceptors (Lipinski definition) is 4. The number of fused-ring (bicyclic) bond motifs is 1. The molecule has 2 atom stereocenters. The molecule has 0 radical (unpaired) electrons. The Morgan fingerprint density at radius 3 is 3.06 bits per heavy atom. The van der Waals surface area contributed by atoms with Crippen molar-refractivity contribution in [2.75, 3.05) is 39.3 Å². The topological polar surface area (TPSA) is 58.8 Å². The van der Waals surface area contributed by atoms with E-state index in [2.05, 4.69) is 9.80 Å². The first-order valence-electron chi connectivity index (χ1n) is 7.08. The van der Waals surface area contributed by atoms with E-state index in [4.69, 9.17) is 10.5 Å². The number of rotatable bonds is 6. The van der Waals surface area contributed by atoms with Crippen molar-refractivity contribution in [1.82, 2.24) is 9.80 Å². The predicted octanol–water partition coefficient (Wildman–Crippen LogP) is 0.0469. The molecule has 0 bridgehead atoms. The van der Waals surface area contributed by atoms with Crippen LogP contribution in [-0.2, 0) is 9.53 Å². The van der Waals surface area contributed by atoms with Crippen LogP contribution in [0.25, 0.3) is 0 Å². The van der Waals surface area contributed by atoms with E-state index >= 15 is 0 Å². The van der Waals surface area contributed by atoms with Crippen molar-refractivity contribution in [3.63, 3.8) is 0 Å². The fraction of sp³-hybridized carbons (Fsp3) is 0.923.